The van der Waals surface area contributed by atoms with Crippen LogP contribution >= 0.6 is 0 Å². The number of nitrogens with one attached hydrogen (secondary N) is 1. The number of para-hydroxylation sites is 1. The Morgan fingerprint density at radius 1 is 1.38 bits per heavy atom. The molecule has 0 radical (unpaired) electrons. The summed E-state index contributed by atoms with van der Waals surface area (Å²) in [4.78, 5) is 0. The van der Waals surface area contributed by atoms with Gasteiger partial charge in [-0.15, -0.1) is 0 Å². The maximum atomic E-state index is 5.25. The van der Waals surface area contributed by atoms with Crippen LogP contribution in [0.2, 0.25) is 0 Å². The molecule has 0 saturated carbocycles. The molecule has 0 aliphatic heterocycles. The number of ether oxygens (including phenoxy) is 1. The Bertz CT molecular complexity index is 305. The highest BCUT2D eigenvalue weighted by molar-refractivity contribution is 5.72. The first-order chi connectivity index (χ1) is 6.33. The van der Waals surface area contributed by atoms with Crippen LogP contribution in [-0.2, 0) is 4.74 Å². The van der Waals surface area contributed by atoms with E-state index in [1.54, 1.807) is 7.11 Å². The zero-order valence-corrected chi connectivity index (χ0v) is 8.29. The minimum Gasteiger partial charge on any atom is -0.496 e. The van der Waals surface area contributed by atoms with Gasteiger partial charge < -0.3 is 10.1 Å². The highest BCUT2D eigenvalue weighted by Crippen LogP contribution is 2.23. The predicted molar refractivity (Wildman–Crippen MR) is 56.6 cm³/mol. The molecule has 0 saturated heterocycles. The SMILES string of the molecule is CC=C(OC)c1ccccc1NC. The third-order valence-corrected chi connectivity index (χ3v) is 1.94. The number of anilines is 1. The monoisotopic (exact) mass is 177 g/mol. The first-order valence-electron chi connectivity index (χ1n) is 4.31. The minimum atomic E-state index is 0.893. The summed E-state index contributed by atoms with van der Waals surface area (Å²) in [5.41, 5.74) is 2.17. The molecule has 1 aromatic carbocycles. The second-order valence-corrected chi connectivity index (χ2v) is 2.65. The molecule has 0 amide bonds. The van der Waals surface area contributed by atoms with Gasteiger partial charge in [-0.05, 0) is 25.1 Å². The van der Waals surface area contributed by atoms with Gasteiger partial charge in [-0.2, -0.15) is 0 Å². The standard InChI is InChI=1S/C11H15NO/c1-4-11(13-3)9-7-5-6-8-10(9)12-2/h4-8,12H,1-3H3. The average molecular weight is 177 g/mol. The average Bonchev–Trinajstić information content (AvgIpc) is 2.20. The van der Waals surface area contributed by atoms with E-state index in [2.05, 4.69) is 5.32 Å². The molecule has 1 N–H and O–H groups in total. The van der Waals surface area contributed by atoms with Crippen LogP contribution in [0.4, 0.5) is 5.69 Å². The van der Waals surface area contributed by atoms with Gasteiger partial charge in [0.1, 0.15) is 5.76 Å². The quantitative estimate of drug-likeness (QED) is 0.717. The van der Waals surface area contributed by atoms with Gasteiger partial charge in [-0.3, -0.25) is 0 Å². The first kappa shape index (κ1) is 9.65. The summed E-state index contributed by atoms with van der Waals surface area (Å²) in [6, 6.07) is 8.06. The number of methoxy groups -OCH3 is 1. The summed E-state index contributed by atoms with van der Waals surface area (Å²) in [6.07, 6.45) is 1.95. The Morgan fingerprint density at radius 3 is 2.62 bits per heavy atom. The van der Waals surface area contributed by atoms with Gasteiger partial charge in [0.2, 0.25) is 0 Å². The van der Waals surface area contributed by atoms with Crippen molar-refractivity contribution in [2.45, 2.75) is 6.92 Å². The van der Waals surface area contributed by atoms with Crippen molar-refractivity contribution < 1.29 is 4.74 Å². The maximum absolute atomic E-state index is 5.25. The third kappa shape index (κ3) is 2.02. The molecular formula is C11H15NO. The number of allylic oxidation sites excluding steroid dienone is 1. The molecule has 1 aromatic rings. The van der Waals surface area contributed by atoms with E-state index < -0.39 is 0 Å². The van der Waals surface area contributed by atoms with Crippen molar-refractivity contribution in [3.8, 4) is 0 Å². The van der Waals surface area contributed by atoms with Crippen molar-refractivity contribution in [3.63, 3.8) is 0 Å². The van der Waals surface area contributed by atoms with E-state index in [1.807, 2.05) is 44.3 Å². The molecule has 0 heterocycles. The molecular weight excluding hydrogens is 162 g/mol. The second-order valence-electron chi connectivity index (χ2n) is 2.65. The lowest BCUT2D eigenvalue weighted by molar-refractivity contribution is 0.370. The summed E-state index contributed by atoms with van der Waals surface area (Å²) in [7, 11) is 3.59. The van der Waals surface area contributed by atoms with E-state index in [0.717, 1.165) is 17.0 Å². The van der Waals surface area contributed by atoms with E-state index in [0.29, 0.717) is 0 Å². The topological polar surface area (TPSA) is 21.3 Å². The predicted octanol–water partition coefficient (Wildman–Crippen LogP) is 2.74. The van der Waals surface area contributed by atoms with Crippen LogP contribution in [0, 0.1) is 0 Å². The zero-order chi connectivity index (χ0) is 9.68. The molecule has 70 valence electrons. The van der Waals surface area contributed by atoms with E-state index in [9.17, 15) is 0 Å². The lowest BCUT2D eigenvalue weighted by Gasteiger charge is -2.10. The molecule has 0 aromatic heterocycles. The second kappa shape index (κ2) is 4.55. The van der Waals surface area contributed by atoms with Gasteiger partial charge in [0.05, 0.1) is 7.11 Å². The molecule has 1 rings (SSSR count). The zero-order valence-electron chi connectivity index (χ0n) is 8.29. The first-order valence-corrected chi connectivity index (χ1v) is 4.31. The molecule has 0 atom stereocenters. The molecule has 0 aliphatic rings. The molecule has 2 nitrogen and oxygen atoms in total. The molecule has 0 unspecified atom stereocenters. The highest BCUT2D eigenvalue weighted by Gasteiger charge is 2.04. The third-order valence-electron chi connectivity index (χ3n) is 1.94. The number of hydrogen-bond donors (Lipinski definition) is 1. The minimum absolute atomic E-state index is 0.893. The van der Waals surface area contributed by atoms with Crippen molar-refractivity contribution in [3.05, 3.63) is 35.9 Å². The summed E-state index contributed by atoms with van der Waals surface area (Å²) in [5.74, 6) is 0.893. The molecule has 2 heteroatoms. The fourth-order valence-electron chi connectivity index (χ4n) is 1.30. The van der Waals surface area contributed by atoms with Gasteiger partial charge in [-0.1, -0.05) is 12.1 Å². The van der Waals surface area contributed by atoms with E-state index >= 15 is 0 Å². The smallest absolute Gasteiger partial charge is 0.123 e. The maximum Gasteiger partial charge on any atom is 0.123 e. The van der Waals surface area contributed by atoms with Gasteiger partial charge in [0.15, 0.2) is 0 Å². The van der Waals surface area contributed by atoms with Crippen molar-refractivity contribution in [1.29, 1.82) is 0 Å². The number of benzene rings is 1. The van der Waals surface area contributed by atoms with E-state index in [-0.39, 0.29) is 0 Å². The van der Waals surface area contributed by atoms with Crippen LogP contribution in [0.25, 0.3) is 5.76 Å². The Balaban J connectivity index is 3.12. The highest BCUT2D eigenvalue weighted by atomic mass is 16.5. The number of rotatable bonds is 3. The van der Waals surface area contributed by atoms with Gasteiger partial charge in [-0.25, -0.2) is 0 Å². The summed E-state index contributed by atoms with van der Waals surface area (Å²) >= 11 is 0. The molecule has 0 fully saturated rings. The molecule has 0 spiro atoms. The van der Waals surface area contributed by atoms with Crippen molar-refractivity contribution >= 4 is 11.4 Å². The molecule has 0 bridgehead atoms. The van der Waals surface area contributed by atoms with Crippen LogP contribution in [0.3, 0.4) is 0 Å². The van der Waals surface area contributed by atoms with Gasteiger partial charge in [0.25, 0.3) is 0 Å². The Labute approximate surface area is 79.2 Å². The molecule has 0 aliphatic carbocycles. The van der Waals surface area contributed by atoms with E-state index in [4.69, 9.17) is 4.74 Å². The Morgan fingerprint density at radius 2 is 2.08 bits per heavy atom. The lowest BCUT2D eigenvalue weighted by atomic mass is 10.1. The van der Waals surface area contributed by atoms with Crippen molar-refractivity contribution in [1.82, 2.24) is 0 Å². The summed E-state index contributed by atoms with van der Waals surface area (Å²) in [5, 5.41) is 3.12. The summed E-state index contributed by atoms with van der Waals surface area (Å²) < 4.78 is 5.25. The number of hydrogen-bond acceptors (Lipinski definition) is 2. The largest absolute Gasteiger partial charge is 0.496 e. The van der Waals surface area contributed by atoms with Gasteiger partial charge in [0, 0.05) is 18.3 Å². The van der Waals surface area contributed by atoms with Crippen molar-refractivity contribution in [2.75, 3.05) is 19.5 Å². The van der Waals surface area contributed by atoms with Crippen LogP contribution in [0.5, 0.6) is 0 Å². The summed E-state index contributed by atoms with van der Waals surface area (Å²) in [6.45, 7) is 1.96. The van der Waals surface area contributed by atoms with Crippen LogP contribution in [-0.4, -0.2) is 14.2 Å². The van der Waals surface area contributed by atoms with Crippen molar-refractivity contribution in [2.24, 2.45) is 0 Å². The Kier molecular flexibility index (Phi) is 3.38. The van der Waals surface area contributed by atoms with Crippen LogP contribution < -0.4 is 5.32 Å². The van der Waals surface area contributed by atoms with Gasteiger partial charge >= 0.3 is 0 Å². The lowest BCUT2D eigenvalue weighted by Crippen LogP contribution is -1.95. The normalized spacial score (nSPS) is 11.2. The van der Waals surface area contributed by atoms with Crippen LogP contribution in [0.15, 0.2) is 30.3 Å². The van der Waals surface area contributed by atoms with Crippen LogP contribution in [0.1, 0.15) is 12.5 Å². The fourth-order valence-corrected chi connectivity index (χ4v) is 1.30. The fraction of sp³-hybridized carbons (Fsp3) is 0.273. The Hall–Kier alpha value is -1.44. The molecule has 13 heavy (non-hydrogen) atoms. The van der Waals surface area contributed by atoms with E-state index in [1.165, 1.54) is 0 Å².